The average Bonchev–Trinajstić information content (AvgIpc) is 2.13. The molecular formula is C9H13F3N4S. The lowest BCUT2D eigenvalue weighted by Gasteiger charge is -2.18. The van der Waals surface area contributed by atoms with Gasteiger partial charge in [0.25, 0.3) is 0 Å². The number of nitrogens with one attached hydrogen (secondary N) is 1. The molecule has 8 heteroatoms. The topological polar surface area (TPSA) is 63.8 Å². The molecule has 0 saturated heterocycles. The average molecular weight is 266 g/mol. The van der Waals surface area contributed by atoms with Crippen molar-refractivity contribution in [3.8, 4) is 0 Å². The number of aromatic nitrogens is 2. The van der Waals surface area contributed by atoms with E-state index in [9.17, 15) is 13.2 Å². The van der Waals surface area contributed by atoms with Gasteiger partial charge in [0.05, 0.1) is 0 Å². The van der Waals surface area contributed by atoms with Gasteiger partial charge in [0, 0.05) is 10.8 Å². The van der Waals surface area contributed by atoms with Crippen LogP contribution in [0.5, 0.6) is 0 Å². The van der Waals surface area contributed by atoms with E-state index in [2.05, 4.69) is 9.97 Å². The number of nitrogens with zero attached hydrogens (tertiary/aromatic N) is 2. The number of nitrogen functional groups attached to an aromatic ring is 1. The molecule has 0 aliphatic heterocycles. The molecule has 1 heterocycles. The van der Waals surface area contributed by atoms with Crippen LogP contribution in [0.2, 0.25) is 0 Å². The van der Waals surface area contributed by atoms with Crippen molar-refractivity contribution in [3.05, 3.63) is 11.8 Å². The molecule has 1 aromatic rings. The zero-order valence-electron chi connectivity index (χ0n) is 9.59. The van der Waals surface area contributed by atoms with Crippen LogP contribution >= 0.6 is 11.8 Å². The van der Waals surface area contributed by atoms with Crippen molar-refractivity contribution in [1.29, 1.82) is 0 Å². The first-order valence-corrected chi connectivity index (χ1v) is 5.55. The van der Waals surface area contributed by atoms with E-state index in [0.717, 1.165) is 6.07 Å². The maximum Gasteiger partial charge on any atom is 0.433 e. The molecule has 1 aromatic heterocycles. The lowest BCUT2D eigenvalue weighted by Crippen LogP contribution is -2.17. The van der Waals surface area contributed by atoms with Crippen LogP contribution in [-0.4, -0.2) is 14.7 Å². The summed E-state index contributed by atoms with van der Waals surface area (Å²) in [6, 6.07) is 0.913. The zero-order chi connectivity index (χ0) is 13.3. The first-order chi connectivity index (χ1) is 7.62. The summed E-state index contributed by atoms with van der Waals surface area (Å²) >= 11 is 1.21. The van der Waals surface area contributed by atoms with Crippen LogP contribution in [0.1, 0.15) is 26.5 Å². The fraction of sp³-hybridized carbons (Fsp3) is 0.556. The Hall–Kier alpha value is -1.02. The number of anilines is 1. The van der Waals surface area contributed by atoms with Crippen molar-refractivity contribution in [2.45, 2.75) is 36.7 Å². The minimum atomic E-state index is -4.51. The van der Waals surface area contributed by atoms with E-state index in [4.69, 9.17) is 5.84 Å². The Bertz CT molecular complexity index is 400. The lowest BCUT2D eigenvalue weighted by molar-refractivity contribution is -0.141. The Labute approximate surface area is 101 Å². The second-order valence-corrected chi connectivity index (χ2v) is 6.12. The van der Waals surface area contributed by atoms with E-state index in [1.165, 1.54) is 11.8 Å². The molecule has 0 aliphatic carbocycles. The molecule has 0 bridgehead atoms. The summed E-state index contributed by atoms with van der Waals surface area (Å²) < 4.78 is 37.4. The SMILES string of the molecule is CC(C)(C)Sc1cc(C(F)(F)F)nc(NN)n1. The largest absolute Gasteiger partial charge is 0.433 e. The Morgan fingerprint density at radius 2 is 1.82 bits per heavy atom. The lowest BCUT2D eigenvalue weighted by atomic mass is 10.3. The summed E-state index contributed by atoms with van der Waals surface area (Å²) in [5.74, 6) is 4.80. The van der Waals surface area contributed by atoms with Crippen molar-refractivity contribution >= 4 is 17.7 Å². The first-order valence-electron chi connectivity index (χ1n) is 4.74. The van der Waals surface area contributed by atoms with Crippen LogP contribution in [-0.2, 0) is 6.18 Å². The zero-order valence-corrected chi connectivity index (χ0v) is 10.4. The minimum absolute atomic E-state index is 0.229. The highest BCUT2D eigenvalue weighted by Gasteiger charge is 2.34. The van der Waals surface area contributed by atoms with Gasteiger partial charge in [-0.05, 0) is 0 Å². The summed E-state index contributed by atoms with van der Waals surface area (Å²) in [7, 11) is 0. The van der Waals surface area contributed by atoms with Gasteiger partial charge in [0.2, 0.25) is 5.95 Å². The van der Waals surface area contributed by atoms with Crippen molar-refractivity contribution in [2.75, 3.05) is 5.43 Å². The van der Waals surface area contributed by atoms with Gasteiger partial charge < -0.3 is 0 Å². The number of nitrogens with two attached hydrogens (primary N) is 1. The maximum atomic E-state index is 12.5. The predicted molar refractivity (Wildman–Crippen MR) is 60.5 cm³/mol. The number of hydrazine groups is 1. The quantitative estimate of drug-likeness (QED) is 0.373. The fourth-order valence-corrected chi connectivity index (χ4v) is 1.93. The first kappa shape index (κ1) is 14.0. The fourth-order valence-electron chi connectivity index (χ4n) is 1.00. The third-order valence-corrected chi connectivity index (χ3v) is 2.56. The maximum absolute atomic E-state index is 12.5. The molecule has 0 aromatic carbocycles. The summed E-state index contributed by atoms with van der Waals surface area (Å²) in [6.07, 6.45) is -4.51. The molecule has 1 rings (SSSR count). The molecular weight excluding hydrogens is 253 g/mol. The molecule has 0 amide bonds. The molecule has 96 valence electrons. The number of thioether (sulfide) groups is 1. The smallest absolute Gasteiger partial charge is 0.292 e. The normalized spacial score (nSPS) is 12.6. The number of hydrogen-bond donors (Lipinski definition) is 2. The van der Waals surface area contributed by atoms with Gasteiger partial charge in [0.15, 0.2) is 5.69 Å². The predicted octanol–water partition coefficient (Wildman–Crippen LogP) is 2.67. The molecule has 0 aliphatic rings. The van der Waals surface area contributed by atoms with Crippen molar-refractivity contribution in [3.63, 3.8) is 0 Å². The second-order valence-electron chi connectivity index (χ2n) is 4.27. The van der Waals surface area contributed by atoms with Crippen molar-refractivity contribution in [2.24, 2.45) is 5.84 Å². The number of rotatable bonds is 2. The van der Waals surface area contributed by atoms with E-state index in [-0.39, 0.29) is 15.7 Å². The minimum Gasteiger partial charge on any atom is -0.292 e. The summed E-state index contributed by atoms with van der Waals surface area (Å²) in [4.78, 5) is 7.13. The van der Waals surface area contributed by atoms with Gasteiger partial charge in [-0.2, -0.15) is 13.2 Å². The van der Waals surface area contributed by atoms with Gasteiger partial charge in [-0.3, -0.25) is 5.43 Å². The Morgan fingerprint density at radius 1 is 1.24 bits per heavy atom. The monoisotopic (exact) mass is 266 g/mol. The van der Waals surface area contributed by atoms with Crippen LogP contribution in [0.15, 0.2) is 11.1 Å². The molecule has 4 nitrogen and oxygen atoms in total. The highest BCUT2D eigenvalue weighted by Crippen LogP contribution is 2.35. The van der Waals surface area contributed by atoms with E-state index in [1.54, 1.807) is 0 Å². The van der Waals surface area contributed by atoms with Crippen LogP contribution in [0, 0.1) is 0 Å². The van der Waals surface area contributed by atoms with Gasteiger partial charge in [-0.15, -0.1) is 11.8 Å². The summed E-state index contributed by atoms with van der Waals surface area (Å²) in [5, 5.41) is 0.229. The number of halogens is 3. The third-order valence-electron chi connectivity index (χ3n) is 1.53. The van der Waals surface area contributed by atoms with Gasteiger partial charge in [-0.1, -0.05) is 20.8 Å². The standard InChI is InChI=1S/C9H13F3N4S/c1-8(2,3)17-6-4-5(9(10,11)12)14-7(15-6)16-13/h4H,13H2,1-3H3,(H,14,15,16). The Balaban J connectivity index is 3.15. The van der Waals surface area contributed by atoms with E-state index in [1.807, 2.05) is 26.2 Å². The molecule has 0 unspecified atom stereocenters. The van der Waals surface area contributed by atoms with Gasteiger partial charge in [0.1, 0.15) is 5.03 Å². The van der Waals surface area contributed by atoms with Crippen LogP contribution < -0.4 is 11.3 Å². The molecule has 0 saturated carbocycles. The summed E-state index contributed by atoms with van der Waals surface area (Å²) in [5.41, 5.74) is 1.02. The van der Waals surface area contributed by atoms with Gasteiger partial charge in [-0.25, -0.2) is 15.8 Å². The Kier molecular flexibility index (Phi) is 3.88. The molecule has 0 fully saturated rings. The van der Waals surface area contributed by atoms with Crippen molar-refractivity contribution < 1.29 is 13.2 Å². The number of hydrogen-bond acceptors (Lipinski definition) is 5. The van der Waals surface area contributed by atoms with E-state index in [0.29, 0.717) is 0 Å². The summed E-state index contributed by atoms with van der Waals surface area (Å²) in [6.45, 7) is 5.63. The molecule has 3 N–H and O–H groups in total. The third kappa shape index (κ3) is 4.39. The van der Waals surface area contributed by atoms with Crippen molar-refractivity contribution in [1.82, 2.24) is 9.97 Å². The number of alkyl halides is 3. The van der Waals surface area contributed by atoms with E-state index < -0.39 is 11.9 Å². The molecule has 17 heavy (non-hydrogen) atoms. The van der Waals surface area contributed by atoms with Crippen LogP contribution in [0.25, 0.3) is 0 Å². The van der Waals surface area contributed by atoms with Crippen LogP contribution in [0.4, 0.5) is 19.1 Å². The highest BCUT2D eigenvalue weighted by molar-refractivity contribution is 8.00. The molecule has 0 spiro atoms. The van der Waals surface area contributed by atoms with Crippen LogP contribution in [0.3, 0.4) is 0 Å². The molecule has 0 radical (unpaired) electrons. The van der Waals surface area contributed by atoms with Gasteiger partial charge >= 0.3 is 6.18 Å². The highest BCUT2D eigenvalue weighted by atomic mass is 32.2. The van der Waals surface area contributed by atoms with E-state index >= 15 is 0 Å². The second kappa shape index (κ2) is 4.69. The molecule has 0 atom stereocenters. The Morgan fingerprint density at radius 3 is 2.24 bits per heavy atom.